The normalized spacial score (nSPS) is 22.3. The number of amides is 1. The van der Waals surface area contributed by atoms with E-state index < -0.39 is 0 Å². The predicted molar refractivity (Wildman–Crippen MR) is 74.7 cm³/mol. The van der Waals surface area contributed by atoms with Crippen molar-refractivity contribution in [3.8, 4) is 0 Å². The Labute approximate surface area is 117 Å². The van der Waals surface area contributed by atoms with E-state index in [-0.39, 0.29) is 18.1 Å². The van der Waals surface area contributed by atoms with Crippen molar-refractivity contribution < 1.29 is 9.53 Å². The molecule has 0 radical (unpaired) electrons. The maximum absolute atomic E-state index is 12.2. The highest BCUT2D eigenvalue weighted by Crippen LogP contribution is 2.22. The number of anilines is 1. The molecule has 1 aromatic heterocycles. The van der Waals surface area contributed by atoms with E-state index in [2.05, 4.69) is 15.6 Å². The van der Waals surface area contributed by atoms with Crippen LogP contribution in [-0.4, -0.2) is 37.2 Å². The number of carbonyl (C=O) groups excluding carboxylic acids is 1. The average Bonchev–Trinajstić information content (AvgIpc) is 2.85. The van der Waals surface area contributed by atoms with E-state index in [1.807, 2.05) is 0 Å². The first-order valence-corrected chi connectivity index (χ1v) is 6.71. The highest BCUT2D eigenvalue weighted by molar-refractivity contribution is 6.29. The van der Waals surface area contributed by atoms with Crippen molar-refractivity contribution in [3.05, 3.63) is 22.8 Å². The summed E-state index contributed by atoms with van der Waals surface area (Å²) in [5.74, 6) is 0.433. The third-order valence-corrected chi connectivity index (χ3v) is 3.58. The van der Waals surface area contributed by atoms with Gasteiger partial charge in [0.1, 0.15) is 11.0 Å². The van der Waals surface area contributed by atoms with Crippen LogP contribution < -0.4 is 10.6 Å². The summed E-state index contributed by atoms with van der Waals surface area (Å²) in [5, 5.41) is 6.17. The minimum atomic E-state index is -0.144. The minimum absolute atomic E-state index is 0.0717. The Balaban J connectivity index is 2.09. The molecule has 0 aliphatic heterocycles. The van der Waals surface area contributed by atoms with Crippen LogP contribution in [0.25, 0.3) is 0 Å². The fourth-order valence-electron chi connectivity index (χ4n) is 2.38. The standard InChI is InChI=1S/C13H18ClN3O2/c1-15-12-7-8(6-11(14)17-12)13(18)16-9-4-3-5-10(9)19-2/h6-7,9-10H,3-5H2,1-2H3,(H,15,17)(H,16,18). The number of hydrogen-bond acceptors (Lipinski definition) is 4. The van der Waals surface area contributed by atoms with Gasteiger partial charge in [-0.15, -0.1) is 0 Å². The molecule has 5 nitrogen and oxygen atoms in total. The van der Waals surface area contributed by atoms with Gasteiger partial charge in [-0.2, -0.15) is 0 Å². The Bertz CT molecular complexity index is 467. The van der Waals surface area contributed by atoms with Crippen LogP contribution in [0.5, 0.6) is 0 Å². The van der Waals surface area contributed by atoms with E-state index in [4.69, 9.17) is 16.3 Å². The van der Waals surface area contributed by atoms with Gasteiger partial charge in [-0.25, -0.2) is 4.98 Å². The summed E-state index contributed by atoms with van der Waals surface area (Å²) in [6.07, 6.45) is 3.11. The number of pyridine rings is 1. The SMILES string of the molecule is CNc1cc(C(=O)NC2CCCC2OC)cc(Cl)n1. The van der Waals surface area contributed by atoms with E-state index >= 15 is 0 Å². The van der Waals surface area contributed by atoms with Gasteiger partial charge in [-0.1, -0.05) is 11.6 Å². The molecule has 19 heavy (non-hydrogen) atoms. The van der Waals surface area contributed by atoms with Crippen LogP contribution in [0.2, 0.25) is 5.15 Å². The second kappa shape index (κ2) is 6.21. The molecule has 6 heteroatoms. The average molecular weight is 284 g/mol. The fraction of sp³-hybridized carbons (Fsp3) is 0.538. The van der Waals surface area contributed by atoms with Gasteiger partial charge in [0.2, 0.25) is 0 Å². The van der Waals surface area contributed by atoms with Gasteiger partial charge in [0, 0.05) is 19.7 Å². The van der Waals surface area contributed by atoms with Gasteiger partial charge in [0.05, 0.1) is 12.1 Å². The Morgan fingerprint density at radius 3 is 2.95 bits per heavy atom. The van der Waals surface area contributed by atoms with Crippen LogP contribution >= 0.6 is 11.6 Å². The lowest BCUT2D eigenvalue weighted by molar-refractivity contribution is 0.0722. The van der Waals surface area contributed by atoms with E-state index in [0.29, 0.717) is 16.5 Å². The monoisotopic (exact) mass is 283 g/mol. The molecule has 104 valence electrons. The highest BCUT2D eigenvalue weighted by atomic mass is 35.5. The van der Waals surface area contributed by atoms with Crippen molar-refractivity contribution in [2.75, 3.05) is 19.5 Å². The van der Waals surface area contributed by atoms with Crippen LogP contribution in [0, 0.1) is 0 Å². The van der Waals surface area contributed by atoms with E-state index in [0.717, 1.165) is 19.3 Å². The van der Waals surface area contributed by atoms with Gasteiger partial charge in [0.15, 0.2) is 0 Å². The quantitative estimate of drug-likeness (QED) is 0.831. The van der Waals surface area contributed by atoms with Gasteiger partial charge in [-0.05, 0) is 31.4 Å². The molecule has 0 saturated heterocycles. The lowest BCUT2D eigenvalue weighted by atomic mass is 10.2. The Morgan fingerprint density at radius 1 is 1.47 bits per heavy atom. The van der Waals surface area contributed by atoms with Crippen LogP contribution in [0.3, 0.4) is 0 Å². The van der Waals surface area contributed by atoms with Gasteiger partial charge >= 0.3 is 0 Å². The number of nitrogens with zero attached hydrogens (tertiary/aromatic N) is 1. The molecule has 1 fully saturated rings. The molecule has 1 aromatic rings. The predicted octanol–water partition coefficient (Wildman–Crippen LogP) is 2.07. The summed E-state index contributed by atoms with van der Waals surface area (Å²) in [5.41, 5.74) is 0.506. The lowest BCUT2D eigenvalue weighted by Gasteiger charge is -2.19. The molecule has 1 heterocycles. The second-order valence-electron chi connectivity index (χ2n) is 4.60. The molecule has 1 aliphatic rings. The number of methoxy groups -OCH3 is 1. The first-order valence-electron chi connectivity index (χ1n) is 6.33. The Kier molecular flexibility index (Phi) is 4.61. The molecule has 2 rings (SSSR count). The molecule has 0 spiro atoms. The van der Waals surface area contributed by atoms with Crippen molar-refractivity contribution in [1.29, 1.82) is 0 Å². The fourth-order valence-corrected chi connectivity index (χ4v) is 2.59. The Hall–Kier alpha value is -1.33. The zero-order valence-electron chi connectivity index (χ0n) is 11.1. The highest BCUT2D eigenvalue weighted by Gasteiger charge is 2.28. The number of halogens is 1. The van der Waals surface area contributed by atoms with Crippen LogP contribution in [0.4, 0.5) is 5.82 Å². The summed E-state index contributed by atoms with van der Waals surface area (Å²) >= 11 is 5.89. The largest absolute Gasteiger partial charge is 0.379 e. The minimum Gasteiger partial charge on any atom is -0.379 e. The molecular weight excluding hydrogens is 266 g/mol. The zero-order chi connectivity index (χ0) is 13.8. The van der Waals surface area contributed by atoms with Crippen molar-refractivity contribution >= 4 is 23.3 Å². The topological polar surface area (TPSA) is 63.2 Å². The first kappa shape index (κ1) is 14.1. The smallest absolute Gasteiger partial charge is 0.251 e. The van der Waals surface area contributed by atoms with Gasteiger partial charge < -0.3 is 15.4 Å². The molecule has 1 amide bonds. The number of ether oxygens (including phenoxy) is 1. The number of rotatable bonds is 4. The number of aromatic nitrogens is 1. The molecular formula is C13H18ClN3O2. The van der Waals surface area contributed by atoms with E-state index in [1.54, 1.807) is 26.3 Å². The van der Waals surface area contributed by atoms with Crippen LogP contribution in [-0.2, 0) is 4.74 Å². The second-order valence-corrected chi connectivity index (χ2v) is 4.99. The van der Waals surface area contributed by atoms with Crippen LogP contribution in [0.1, 0.15) is 29.6 Å². The molecule has 1 saturated carbocycles. The molecule has 0 bridgehead atoms. The van der Waals surface area contributed by atoms with Crippen molar-refractivity contribution in [1.82, 2.24) is 10.3 Å². The summed E-state index contributed by atoms with van der Waals surface area (Å²) in [7, 11) is 3.41. The summed E-state index contributed by atoms with van der Waals surface area (Å²) in [6.45, 7) is 0. The Morgan fingerprint density at radius 2 is 2.26 bits per heavy atom. The van der Waals surface area contributed by atoms with Crippen molar-refractivity contribution in [3.63, 3.8) is 0 Å². The van der Waals surface area contributed by atoms with Gasteiger partial charge in [-0.3, -0.25) is 4.79 Å². The maximum Gasteiger partial charge on any atom is 0.251 e. The third kappa shape index (κ3) is 3.36. The van der Waals surface area contributed by atoms with Crippen molar-refractivity contribution in [2.45, 2.75) is 31.4 Å². The summed E-state index contributed by atoms with van der Waals surface area (Å²) in [4.78, 5) is 16.2. The lowest BCUT2D eigenvalue weighted by Crippen LogP contribution is -2.40. The first-order chi connectivity index (χ1) is 9.13. The molecule has 0 aromatic carbocycles. The number of carbonyl (C=O) groups is 1. The molecule has 1 aliphatic carbocycles. The van der Waals surface area contributed by atoms with Crippen molar-refractivity contribution in [2.24, 2.45) is 0 Å². The summed E-state index contributed by atoms with van der Waals surface area (Å²) < 4.78 is 5.36. The molecule has 2 atom stereocenters. The number of hydrogen-bond donors (Lipinski definition) is 2. The molecule has 2 unspecified atom stereocenters. The zero-order valence-corrected chi connectivity index (χ0v) is 11.8. The van der Waals surface area contributed by atoms with Crippen LogP contribution in [0.15, 0.2) is 12.1 Å². The third-order valence-electron chi connectivity index (χ3n) is 3.38. The molecule has 2 N–H and O–H groups in total. The van der Waals surface area contributed by atoms with E-state index in [9.17, 15) is 4.79 Å². The van der Waals surface area contributed by atoms with E-state index in [1.165, 1.54) is 0 Å². The number of nitrogens with one attached hydrogen (secondary N) is 2. The maximum atomic E-state index is 12.2. The van der Waals surface area contributed by atoms with Gasteiger partial charge in [0.25, 0.3) is 5.91 Å². The summed E-state index contributed by atoms with van der Waals surface area (Å²) in [6, 6.07) is 3.31.